The third-order valence-electron chi connectivity index (χ3n) is 1.79. The Kier molecular flexibility index (Phi) is 1.89. The number of thiophene rings is 1. The van der Waals surface area contributed by atoms with Crippen LogP contribution in [0.15, 0.2) is 24.3 Å². The molecule has 1 aromatic carbocycles. The van der Waals surface area contributed by atoms with Gasteiger partial charge in [0.05, 0.1) is 2.88 Å². The highest BCUT2D eigenvalue weighted by molar-refractivity contribution is 14.1. The molecule has 0 aliphatic heterocycles. The zero-order valence-corrected chi connectivity index (χ0v) is 9.07. The van der Waals surface area contributed by atoms with E-state index in [2.05, 4.69) is 53.8 Å². The van der Waals surface area contributed by atoms with Crippen molar-refractivity contribution >= 4 is 44.0 Å². The highest BCUT2D eigenvalue weighted by Gasteiger charge is 2.03. The number of benzene rings is 1. The van der Waals surface area contributed by atoms with Crippen LogP contribution in [-0.2, 0) is 0 Å². The zero-order chi connectivity index (χ0) is 7.84. The Morgan fingerprint density at radius 3 is 2.73 bits per heavy atom. The fraction of sp³-hybridized carbons (Fsp3) is 0.111. The minimum atomic E-state index is 1.40. The van der Waals surface area contributed by atoms with E-state index in [4.69, 9.17) is 0 Å². The second kappa shape index (κ2) is 2.75. The summed E-state index contributed by atoms with van der Waals surface area (Å²) in [5.74, 6) is 0. The van der Waals surface area contributed by atoms with Gasteiger partial charge in [-0.15, -0.1) is 11.3 Å². The fourth-order valence-corrected chi connectivity index (χ4v) is 3.08. The first-order chi connectivity index (χ1) is 5.29. The SMILES string of the molecule is Cc1c(I)sc2ccccc12. The summed E-state index contributed by atoms with van der Waals surface area (Å²) in [6.07, 6.45) is 0. The van der Waals surface area contributed by atoms with Crippen molar-refractivity contribution in [2.45, 2.75) is 6.92 Å². The van der Waals surface area contributed by atoms with Crippen molar-refractivity contribution in [3.8, 4) is 0 Å². The predicted octanol–water partition coefficient (Wildman–Crippen LogP) is 3.81. The average Bonchev–Trinajstić information content (AvgIpc) is 2.30. The zero-order valence-electron chi connectivity index (χ0n) is 6.10. The van der Waals surface area contributed by atoms with Gasteiger partial charge in [-0.3, -0.25) is 0 Å². The van der Waals surface area contributed by atoms with Crippen LogP contribution in [-0.4, -0.2) is 0 Å². The van der Waals surface area contributed by atoms with Crippen LogP contribution in [0.3, 0.4) is 0 Å². The molecule has 0 aliphatic carbocycles. The maximum absolute atomic E-state index is 2.40. The summed E-state index contributed by atoms with van der Waals surface area (Å²) < 4.78 is 2.80. The average molecular weight is 274 g/mol. The van der Waals surface area contributed by atoms with Gasteiger partial charge in [0.25, 0.3) is 0 Å². The third-order valence-corrected chi connectivity index (χ3v) is 4.32. The quantitative estimate of drug-likeness (QED) is 0.641. The van der Waals surface area contributed by atoms with Crippen molar-refractivity contribution in [3.05, 3.63) is 32.7 Å². The van der Waals surface area contributed by atoms with Crippen LogP contribution in [0.5, 0.6) is 0 Å². The van der Waals surface area contributed by atoms with Gasteiger partial charge in [-0.05, 0) is 46.5 Å². The largest absolute Gasteiger partial charge is 0.129 e. The lowest BCUT2D eigenvalue weighted by molar-refractivity contribution is 1.57. The molecule has 0 bridgehead atoms. The molecule has 0 unspecified atom stereocenters. The predicted molar refractivity (Wildman–Crippen MR) is 59.3 cm³/mol. The van der Waals surface area contributed by atoms with Crippen LogP contribution in [0.2, 0.25) is 0 Å². The number of aryl methyl sites for hydroxylation is 1. The molecule has 0 atom stereocenters. The molecular weight excluding hydrogens is 267 g/mol. The highest BCUT2D eigenvalue weighted by Crippen LogP contribution is 2.30. The Bertz CT molecular complexity index is 389. The van der Waals surface area contributed by atoms with Crippen molar-refractivity contribution in [2.75, 3.05) is 0 Å². The van der Waals surface area contributed by atoms with Gasteiger partial charge in [0.1, 0.15) is 0 Å². The molecule has 0 fully saturated rings. The van der Waals surface area contributed by atoms with Gasteiger partial charge in [-0.1, -0.05) is 18.2 Å². The van der Waals surface area contributed by atoms with Crippen LogP contribution in [0.25, 0.3) is 10.1 Å². The molecule has 0 N–H and O–H groups in total. The van der Waals surface area contributed by atoms with Crippen molar-refractivity contribution < 1.29 is 0 Å². The van der Waals surface area contributed by atoms with Crippen LogP contribution in [0.1, 0.15) is 5.56 Å². The summed E-state index contributed by atoms with van der Waals surface area (Å²) in [4.78, 5) is 0. The lowest BCUT2D eigenvalue weighted by Crippen LogP contribution is -1.67. The number of hydrogen-bond donors (Lipinski definition) is 0. The van der Waals surface area contributed by atoms with Crippen molar-refractivity contribution in [3.63, 3.8) is 0 Å². The van der Waals surface area contributed by atoms with Gasteiger partial charge in [0.2, 0.25) is 0 Å². The van der Waals surface area contributed by atoms with Gasteiger partial charge in [-0.2, -0.15) is 0 Å². The van der Waals surface area contributed by atoms with Crippen LogP contribution < -0.4 is 0 Å². The van der Waals surface area contributed by atoms with E-state index < -0.39 is 0 Å². The molecule has 2 rings (SSSR count). The first-order valence-corrected chi connectivity index (χ1v) is 5.32. The van der Waals surface area contributed by atoms with E-state index in [-0.39, 0.29) is 0 Å². The van der Waals surface area contributed by atoms with E-state index >= 15 is 0 Å². The van der Waals surface area contributed by atoms with Gasteiger partial charge < -0.3 is 0 Å². The molecule has 56 valence electrons. The monoisotopic (exact) mass is 274 g/mol. The summed E-state index contributed by atoms with van der Waals surface area (Å²) in [5, 5.41) is 1.40. The van der Waals surface area contributed by atoms with Gasteiger partial charge in [0, 0.05) is 4.70 Å². The maximum atomic E-state index is 2.40. The molecule has 0 nitrogen and oxygen atoms in total. The van der Waals surface area contributed by atoms with E-state index in [0.29, 0.717) is 0 Å². The first kappa shape index (κ1) is 7.55. The summed E-state index contributed by atoms with van der Waals surface area (Å²) >= 11 is 4.26. The molecule has 2 heteroatoms. The number of rotatable bonds is 0. The summed E-state index contributed by atoms with van der Waals surface area (Å²) in [6.45, 7) is 2.18. The molecule has 0 amide bonds. The number of halogens is 1. The summed E-state index contributed by atoms with van der Waals surface area (Å²) in [7, 11) is 0. The highest BCUT2D eigenvalue weighted by atomic mass is 127. The maximum Gasteiger partial charge on any atom is 0.0695 e. The van der Waals surface area contributed by atoms with Crippen molar-refractivity contribution in [1.29, 1.82) is 0 Å². The first-order valence-electron chi connectivity index (χ1n) is 3.42. The molecule has 0 saturated carbocycles. The smallest absolute Gasteiger partial charge is 0.0695 e. The molecule has 0 aliphatic rings. The summed E-state index contributed by atoms with van der Waals surface area (Å²) in [5.41, 5.74) is 1.42. The lowest BCUT2D eigenvalue weighted by atomic mass is 10.2. The second-order valence-electron chi connectivity index (χ2n) is 2.50. The molecule has 0 radical (unpaired) electrons. The molecule has 1 heterocycles. The van der Waals surface area contributed by atoms with Crippen molar-refractivity contribution in [2.24, 2.45) is 0 Å². The molecule has 0 saturated heterocycles. The normalized spacial score (nSPS) is 10.7. The van der Waals surface area contributed by atoms with E-state index in [1.807, 2.05) is 11.3 Å². The summed E-state index contributed by atoms with van der Waals surface area (Å²) in [6, 6.07) is 8.55. The van der Waals surface area contributed by atoms with Gasteiger partial charge in [-0.25, -0.2) is 0 Å². The number of hydrogen-bond acceptors (Lipinski definition) is 1. The van der Waals surface area contributed by atoms with E-state index in [0.717, 1.165) is 0 Å². The van der Waals surface area contributed by atoms with Crippen LogP contribution in [0, 0.1) is 9.81 Å². The standard InChI is InChI=1S/C9H7IS/c1-6-7-4-2-3-5-8(7)11-9(6)10/h2-5H,1H3. The van der Waals surface area contributed by atoms with E-state index in [9.17, 15) is 0 Å². The number of fused-ring (bicyclic) bond motifs is 1. The minimum Gasteiger partial charge on any atom is -0.129 e. The molecule has 2 aromatic rings. The van der Waals surface area contributed by atoms with Crippen LogP contribution >= 0.6 is 33.9 Å². The molecule has 11 heavy (non-hydrogen) atoms. The Labute approximate surface area is 83.4 Å². The molecule has 0 spiro atoms. The molecular formula is C9H7IS. The topological polar surface area (TPSA) is 0 Å². The Morgan fingerprint density at radius 2 is 2.00 bits per heavy atom. The van der Waals surface area contributed by atoms with E-state index in [1.165, 1.54) is 18.5 Å². The van der Waals surface area contributed by atoms with Gasteiger partial charge >= 0.3 is 0 Å². The lowest BCUT2D eigenvalue weighted by Gasteiger charge is -1.87. The minimum absolute atomic E-state index is 1.40. The fourth-order valence-electron chi connectivity index (χ4n) is 1.14. The van der Waals surface area contributed by atoms with Crippen LogP contribution in [0.4, 0.5) is 0 Å². The second-order valence-corrected chi connectivity index (χ2v) is 5.36. The molecule has 1 aromatic heterocycles. The third kappa shape index (κ3) is 1.18. The Morgan fingerprint density at radius 1 is 1.27 bits per heavy atom. The van der Waals surface area contributed by atoms with Crippen molar-refractivity contribution in [1.82, 2.24) is 0 Å². The Balaban J connectivity index is 2.92. The Hall–Kier alpha value is -0.0900. The van der Waals surface area contributed by atoms with E-state index in [1.54, 1.807) is 0 Å². The van der Waals surface area contributed by atoms with Gasteiger partial charge in [0.15, 0.2) is 0 Å².